The first kappa shape index (κ1) is 22.3. The fraction of sp³-hybridized carbons (Fsp3) is 0.391. The van der Waals surface area contributed by atoms with Gasteiger partial charge < -0.3 is 10.2 Å². The Kier molecular flexibility index (Phi) is 7.02. The van der Waals surface area contributed by atoms with Gasteiger partial charge in [-0.25, -0.2) is 5.01 Å². The summed E-state index contributed by atoms with van der Waals surface area (Å²) in [5.74, 6) is 0.874. The molecule has 4 rings (SSSR count). The van der Waals surface area contributed by atoms with Crippen LogP contribution in [0.5, 0.6) is 5.75 Å². The second-order valence-electron chi connectivity index (χ2n) is 7.92. The number of nitrogens with one attached hydrogen (secondary N) is 1. The monoisotopic (exact) mass is 476 g/mol. The second-order valence-corrected chi connectivity index (χ2v) is 9.17. The molecule has 0 unspecified atom stereocenters. The van der Waals surface area contributed by atoms with Crippen molar-refractivity contribution in [3.63, 3.8) is 0 Å². The largest absolute Gasteiger partial charge is 0.497 e. The van der Waals surface area contributed by atoms with Crippen molar-refractivity contribution in [3.8, 4) is 5.75 Å². The maximum absolute atomic E-state index is 6.57. The zero-order valence-corrected chi connectivity index (χ0v) is 20.0. The molecule has 0 saturated carbocycles. The van der Waals surface area contributed by atoms with Crippen molar-refractivity contribution >= 4 is 51.8 Å². The fourth-order valence-corrected chi connectivity index (χ4v) is 5.04. The van der Waals surface area contributed by atoms with Gasteiger partial charge in [0.15, 0.2) is 0 Å². The SMILES string of the molecule is COc1ccc([C@H]2[C@H](C)C(C(=S)NN3CCCCC3)=NN2c2ccc(Cl)cc2Cl)cc1. The number of hydrazone groups is 1. The Labute approximate surface area is 198 Å². The second kappa shape index (κ2) is 9.74. The third kappa shape index (κ3) is 4.82. The van der Waals surface area contributed by atoms with Crippen molar-refractivity contribution in [2.24, 2.45) is 11.0 Å². The van der Waals surface area contributed by atoms with Crippen molar-refractivity contribution < 1.29 is 4.74 Å². The molecule has 2 aliphatic rings. The molecule has 1 N–H and O–H groups in total. The summed E-state index contributed by atoms with van der Waals surface area (Å²) in [4.78, 5) is 0.667. The summed E-state index contributed by atoms with van der Waals surface area (Å²) in [5, 5.41) is 10.3. The lowest BCUT2D eigenvalue weighted by atomic mass is 9.91. The van der Waals surface area contributed by atoms with Gasteiger partial charge in [0.25, 0.3) is 0 Å². The molecule has 0 aromatic heterocycles. The number of piperidine rings is 1. The molecule has 5 nitrogen and oxygen atoms in total. The van der Waals surface area contributed by atoms with Crippen molar-refractivity contribution in [2.75, 3.05) is 25.2 Å². The molecule has 2 heterocycles. The van der Waals surface area contributed by atoms with Crippen LogP contribution in [0.1, 0.15) is 37.8 Å². The minimum absolute atomic E-state index is 0.0549. The lowest BCUT2D eigenvalue weighted by Gasteiger charge is -2.29. The van der Waals surface area contributed by atoms with E-state index in [0.29, 0.717) is 15.0 Å². The predicted octanol–water partition coefficient (Wildman–Crippen LogP) is 5.87. The Bertz CT molecular complexity index is 976. The van der Waals surface area contributed by atoms with Crippen molar-refractivity contribution in [3.05, 3.63) is 58.1 Å². The van der Waals surface area contributed by atoms with E-state index in [-0.39, 0.29) is 12.0 Å². The third-order valence-corrected chi connectivity index (χ3v) is 6.68. The van der Waals surface area contributed by atoms with Gasteiger partial charge >= 0.3 is 0 Å². The van der Waals surface area contributed by atoms with Crippen LogP contribution in [0, 0.1) is 5.92 Å². The van der Waals surface area contributed by atoms with Gasteiger partial charge in [-0.3, -0.25) is 5.01 Å². The molecule has 1 saturated heterocycles. The fourth-order valence-electron chi connectivity index (χ4n) is 4.19. The number of nitrogens with zero attached hydrogens (tertiary/aromatic N) is 3. The average molecular weight is 477 g/mol. The van der Waals surface area contributed by atoms with E-state index in [4.69, 9.17) is 45.3 Å². The van der Waals surface area contributed by atoms with Crippen molar-refractivity contribution in [1.29, 1.82) is 0 Å². The summed E-state index contributed by atoms with van der Waals surface area (Å²) < 4.78 is 5.33. The number of hydrogen-bond donors (Lipinski definition) is 1. The summed E-state index contributed by atoms with van der Waals surface area (Å²) in [6.45, 7) is 4.15. The zero-order valence-electron chi connectivity index (χ0n) is 17.6. The molecule has 31 heavy (non-hydrogen) atoms. The summed E-state index contributed by atoms with van der Waals surface area (Å²) in [6.07, 6.45) is 3.63. The Balaban J connectivity index is 1.67. The smallest absolute Gasteiger partial charge is 0.137 e. The van der Waals surface area contributed by atoms with Gasteiger partial charge in [0.2, 0.25) is 0 Å². The molecule has 0 spiro atoms. The molecule has 8 heteroatoms. The maximum Gasteiger partial charge on any atom is 0.137 e. The van der Waals surface area contributed by atoms with Crippen LogP contribution in [0.25, 0.3) is 0 Å². The number of ether oxygens (including phenoxy) is 1. The van der Waals surface area contributed by atoms with Gasteiger partial charge in [-0.1, -0.05) is 60.9 Å². The molecule has 2 aliphatic heterocycles. The highest BCUT2D eigenvalue weighted by Gasteiger charge is 2.39. The molecule has 2 aromatic rings. The number of hydrogen-bond acceptors (Lipinski definition) is 5. The Morgan fingerprint density at radius 1 is 1.10 bits per heavy atom. The van der Waals surface area contributed by atoms with E-state index in [1.807, 2.05) is 29.3 Å². The molecular weight excluding hydrogens is 451 g/mol. The van der Waals surface area contributed by atoms with Crippen LogP contribution in [-0.2, 0) is 0 Å². The number of benzene rings is 2. The van der Waals surface area contributed by atoms with E-state index >= 15 is 0 Å². The van der Waals surface area contributed by atoms with Crippen LogP contribution in [0.15, 0.2) is 47.6 Å². The van der Waals surface area contributed by atoms with E-state index < -0.39 is 0 Å². The molecule has 164 valence electrons. The Morgan fingerprint density at radius 3 is 2.45 bits per heavy atom. The Morgan fingerprint density at radius 2 is 1.81 bits per heavy atom. The summed E-state index contributed by atoms with van der Waals surface area (Å²) in [6, 6.07) is 13.5. The number of methoxy groups -OCH3 is 1. The van der Waals surface area contributed by atoms with Crippen molar-refractivity contribution in [1.82, 2.24) is 10.4 Å². The van der Waals surface area contributed by atoms with Crippen LogP contribution >= 0.6 is 35.4 Å². The molecule has 0 bridgehead atoms. The zero-order chi connectivity index (χ0) is 22.0. The minimum atomic E-state index is -0.0549. The summed E-state index contributed by atoms with van der Waals surface area (Å²) in [5.41, 5.74) is 6.18. The molecular formula is C23H26Cl2N4OS. The highest BCUT2D eigenvalue weighted by atomic mass is 35.5. The van der Waals surface area contributed by atoms with E-state index in [1.165, 1.54) is 19.3 Å². The quantitative estimate of drug-likeness (QED) is 0.546. The van der Waals surface area contributed by atoms with Gasteiger partial charge in [-0.05, 0) is 48.7 Å². The van der Waals surface area contributed by atoms with E-state index in [2.05, 4.69) is 29.5 Å². The standard InChI is InChI=1S/C23H26Cl2N4OS/c1-15-21(23(31)27-28-12-4-3-5-13-28)26-29(20-11-8-17(24)14-19(20)25)22(15)16-6-9-18(30-2)10-7-16/h6-11,14-15,22H,3-5,12-13H2,1-2H3,(H,27,31)/t15-,22-/m1/s1. The normalized spacial score (nSPS) is 21.7. The minimum Gasteiger partial charge on any atom is -0.497 e. The van der Waals surface area contributed by atoms with Crippen LogP contribution < -0.4 is 15.2 Å². The van der Waals surface area contributed by atoms with E-state index in [9.17, 15) is 0 Å². The predicted molar refractivity (Wildman–Crippen MR) is 132 cm³/mol. The number of halogens is 2. The first-order chi connectivity index (χ1) is 15.0. The first-order valence-corrected chi connectivity index (χ1v) is 11.7. The molecule has 2 atom stereocenters. The molecule has 0 aliphatic carbocycles. The van der Waals surface area contributed by atoms with Crippen LogP contribution in [0.4, 0.5) is 5.69 Å². The van der Waals surface area contributed by atoms with Gasteiger partial charge in [0.05, 0.1) is 23.9 Å². The highest BCUT2D eigenvalue weighted by Crippen LogP contribution is 2.42. The topological polar surface area (TPSA) is 40.1 Å². The van der Waals surface area contributed by atoms with Gasteiger partial charge in [-0.15, -0.1) is 0 Å². The van der Waals surface area contributed by atoms with Gasteiger partial charge in [0.1, 0.15) is 16.4 Å². The van der Waals surface area contributed by atoms with Gasteiger partial charge in [-0.2, -0.15) is 5.10 Å². The number of rotatable bonds is 5. The molecule has 0 amide bonds. The van der Waals surface area contributed by atoms with Crippen molar-refractivity contribution in [2.45, 2.75) is 32.2 Å². The molecule has 0 radical (unpaired) electrons. The number of hydrazine groups is 1. The van der Waals surface area contributed by atoms with E-state index in [0.717, 1.165) is 35.8 Å². The van der Waals surface area contributed by atoms with E-state index in [1.54, 1.807) is 13.2 Å². The number of thiocarbonyl (C=S) groups is 1. The summed E-state index contributed by atoms with van der Waals surface area (Å²) in [7, 11) is 1.67. The number of anilines is 1. The highest BCUT2D eigenvalue weighted by molar-refractivity contribution is 7.82. The molecule has 2 aromatic carbocycles. The third-order valence-electron chi connectivity index (χ3n) is 5.85. The maximum atomic E-state index is 6.57. The van der Waals surface area contributed by atoms with Crippen LogP contribution in [-0.4, -0.2) is 35.9 Å². The summed E-state index contributed by atoms with van der Waals surface area (Å²) >= 11 is 18.5. The lowest BCUT2D eigenvalue weighted by molar-refractivity contribution is 0.197. The Hall–Kier alpha value is -1.86. The average Bonchev–Trinajstić information content (AvgIpc) is 3.11. The lowest BCUT2D eigenvalue weighted by Crippen LogP contribution is -2.47. The van der Waals surface area contributed by atoms with Crippen LogP contribution in [0.3, 0.4) is 0 Å². The molecule has 1 fully saturated rings. The first-order valence-electron chi connectivity index (χ1n) is 10.5. The van der Waals surface area contributed by atoms with Gasteiger partial charge in [0, 0.05) is 24.0 Å². The van der Waals surface area contributed by atoms with Crippen LogP contribution in [0.2, 0.25) is 10.0 Å².